The topological polar surface area (TPSA) is 123 Å². The predicted molar refractivity (Wildman–Crippen MR) is 162 cm³/mol. The Morgan fingerprint density at radius 2 is 1.91 bits per heavy atom. The van der Waals surface area contributed by atoms with Crippen LogP contribution in [0.4, 0.5) is 23.4 Å². The number of H-pyrrole nitrogens is 1. The third kappa shape index (κ3) is 6.71. The first-order valence-electron chi connectivity index (χ1n) is 15.0. The van der Waals surface area contributed by atoms with E-state index in [-0.39, 0.29) is 30.3 Å². The minimum atomic E-state index is -4.66. The lowest BCUT2D eigenvalue weighted by Gasteiger charge is -2.40. The maximum Gasteiger partial charge on any atom is 0.451 e. The highest BCUT2D eigenvalue weighted by Crippen LogP contribution is 2.29. The quantitative estimate of drug-likeness (QED) is 0.217. The minimum Gasteiger partial charge on any atom is -0.473 e. The number of rotatable bonds is 9. The SMILES string of the molecule is CC1CN(c2cccc(OCc3ccc(Cl)cc3F)n2)CCN1Cc1nc2cc(-c3nnc(C(F)(F)F)[nH]3)nnc2n1CC1CCO1. The van der Waals surface area contributed by atoms with E-state index >= 15 is 0 Å². The molecule has 6 heterocycles. The summed E-state index contributed by atoms with van der Waals surface area (Å²) in [5.74, 6) is 0.102. The van der Waals surface area contributed by atoms with Crippen molar-refractivity contribution >= 4 is 28.6 Å². The van der Waals surface area contributed by atoms with Gasteiger partial charge in [0.15, 0.2) is 11.5 Å². The number of ether oxygens (including phenoxy) is 2. The maximum absolute atomic E-state index is 14.2. The molecule has 12 nitrogen and oxygen atoms in total. The van der Waals surface area contributed by atoms with Crippen molar-refractivity contribution < 1.29 is 27.0 Å². The number of halogens is 5. The molecular formula is C30H29ClF4N10O2. The molecule has 0 saturated carbocycles. The standard InChI is InChI=1S/C30H29ClF4N10O2/c1-17-13-44(24-3-2-4-26(37-24)47-16-18-5-6-19(31)11-21(18)32)9-8-43(17)15-25-36-23-12-22(27-38-29(42-40-27)30(33,34)35)39-41-28(23)45(25)14-20-7-10-46-20/h2-6,11-12,17,20H,7-10,13-16H2,1H3,(H,38,40,42). The molecule has 246 valence electrons. The van der Waals surface area contributed by atoms with E-state index in [1.807, 2.05) is 16.7 Å². The molecule has 0 bridgehead atoms. The van der Waals surface area contributed by atoms with E-state index in [0.29, 0.717) is 67.0 Å². The van der Waals surface area contributed by atoms with Gasteiger partial charge in [0.1, 0.15) is 35.3 Å². The zero-order valence-corrected chi connectivity index (χ0v) is 25.8. The molecule has 0 radical (unpaired) electrons. The normalized spacial score (nSPS) is 18.9. The average Bonchev–Trinajstić information content (AvgIpc) is 3.65. The summed E-state index contributed by atoms with van der Waals surface area (Å²) in [4.78, 5) is 16.1. The van der Waals surface area contributed by atoms with Crippen molar-refractivity contribution in [1.82, 2.24) is 44.8 Å². The first-order chi connectivity index (χ1) is 22.6. The highest BCUT2D eigenvalue weighted by atomic mass is 35.5. The third-order valence-corrected chi connectivity index (χ3v) is 8.52. The molecule has 17 heteroatoms. The molecule has 2 fully saturated rings. The Morgan fingerprint density at radius 1 is 1.06 bits per heavy atom. The molecule has 2 saturated heterocycles. The second kappa shape index (κ2) is 12.7. The average molecular weight is 673 g/mol. The van der Waals surface area contributed by atoms with Crippen molar-refractivity contribution in [2.24, 2.45) is 0 Å². The molecule has 1 N–H and O–H groups in total. The molecule has 2 atom stereocenters. The van der Waals surface area contributed by atoms with Crippen molar-refractivity contribution in [3.05, 3.63) is 70.5 Å². The van der Waals surface area contributed by atoms with Gasteiger partial charge in [-0.1, -0.05) is 23.7 Å². The summed E-state index contributed by atoms with van der Waals surface area (Å²) < 4.78 is 66.8. The van der Waals surface area contributed by atoms with Crippen LogP contribution in [0.2, 0.25) is 5.02 Å². The second-order valence-corrected chi connectivity index (χ2v) is 11.9. The summed E-state index contributed by atoms with van der Waals surface area (Å²) in [6.07, 6.45) is -3.74. The lowest BCUT2D eigenvalue weighted by molar-refractivity contribution is -0.144. The molecule has 1 aromatic carbocycles. The van der Waals surface area contributed by atoms with Crippen LogP contribution in [0.25, 0.3) is 22.7 Å². The fourth-order valence-electron chi connectivity index (χ4n) is 5.61. The van der Waals surface area contributed by atoms with Gasteiger partial charge in [0.2, 0.25) is 11.7 Å². The predicted octanol–water partition coefficient (Wildman–Crippen LogP) is 4.90. The smallest absolute Gasteiger partial charge is 0.451 e. The van der Waals surface area contributed by atoms with Crippen LogP contribution in [-0.4, -0.2) is 83.2 Å². The molecule has 0 aliphatic carbocycles. The van der Waals surface area contributed by atoms with Gasteiger partial charge in [-0.25, -0.2) is 9.37 Å². The number of imidazole rings is 1. The van der Waals surface area contributed by atoms with Gasteiger partial charge in [-0.05, 0) is 37.6 Å². The Bertz CT molecular complexity index is 1900. The van der Waals surface area contributed by atoms with Crippen LogP contribution in [0.1, 0.15) is 30.6 Å². The van der Waals surface area contributed by atoms with E-state index in [4.69, 9.17) is 26.1 Å². The Balaban J connectivity index is 1.06. The lowest BCUT2D eigenvalue weighted by Crippen LogP contribution is -2.52. The van der Waals surface area contributed by atoms with Crippen LogP contribution in [0.15, 0.2) is 42.5 Å². The second-order valence-electron chi connectivity index (χ2n) is 11.5. The molecule has 5 aromatic rings. The molecule has 47 heavy (non-hydrogen) atoms. The molecule has 0 amide bonds. The first kappa shape index (κ1) is 31.2. The Morgan fingerprint density at radius 3 is 2.64 bits per heavy atom. The number of aromatic nitrogens is 8. The number of hydrogen-bond acceptors (Lipinski definition) is 10. The number of benzene rings is 1. The van der Waals surface area contributed by atoms with E-state index in [2.05, 4.69) is 47.1 Å². The molecule has 2 aliphatic rings. The number of piperazine rings is 1. The van der Waals surface area contributed by atoms with Gasteiger partial charge in [-0.2, -0.15) is 18.2 Å². The lowest BCUT2D eigenvalue weighted by atomic mass is 10.1. The molecule has 2 aliphatic heterocycles. The van der Waals surface area contributed by atoms with Crippen molar-refractivity contribution in [1.29, 1.82) is 0 Å². The number of anilines is 1. The highest BCUT2D eigenvalue weighted by molar-refractivity contribution is 6.30. The van der Waals surface area contributed by atoms with Crippen LogP contribution >= 0.6 is 11.6 Å². The highest BCUT2D eigenvalue weighted by Gasteiger charge is 2.36. The number of nitrogens with zero attached hydrogens (tertiary/aromatic N) is 9. The summed E-state index contributed by atoms with van der Waals surface area (Å²) in [5, 5.41) is 15.6. The summed E-state index contributed by atoms with van der Waals surface area (Å²) in [6.45, 7) is 5.96. The van der Waals surface area contributed by atoms with Gasteiger partial charge < -0.3 is 23.9 Å². The molecule has 7 rings (SSSR count). The summed E-state index contributed by atoms with van der Waals surface area (Å²) in [7, 11) is 0. The van der Waals surface area contributed by atoms with Gasteiger partial charge in [0, 0.05) is 48.9 Å². The van der Waals surface area contributed by atoms with Crippen LogP contribution in [0, 0.1) is 5.82 Å². The maximum atomic E-state index is 14.2. The molecular weight excluding hydrogens is 644 g/mol. The van der Waals surface area contributed by atoms with Crippen LogP contribution < -0.4 is 9.64 Å². The Labute approximate surface area is 270 Å². The van der Waals surface area contributed by atoms with Crippen molar-refractivity contribution in [3.63, 3.8) is 0 Å². The van der Waals surface area contributed by atoms with Gasteiger partial charge >= 0.3 is 6.18 Å². The summed E-state index contributed by atoms with van der Waals surface area (Å²) in [6, 6.07) is 11.6. The van der Waals surface area contributed by atoms with E-state index < -0.39 is 17.8 Å². The zero-order valence-electron chi connectivity index (χ0n) is 25.1. The van der Waals surface area contributed by atoms with Gasteiger partial charge in [0.25, 0.3) is 0 Å². The van der Waals surface area contributed by atoms with E-state index in [1.54, 1.807) is 24.3 Å². The number of fused-ring (bicyclic) bond motifs is 1. The number of nitrogens with one attached hydrogen (secondary N) is 1. The minimum absolute atomic E-state index is 0.0160. The number of hydrogen-bond donors (Lipinski definition) is 1. The molecule has 2 unspecified atom stereocenters. The zero-order chi connectivity index (χ0) is 32.7. The Hall–Kier alpha value is -4.41. The number of pyridine rings is 1. The third-order valence-electron chi connectivity index (χ3n) is 8.28. The number of aromatic amines is 1. The summed E-state index contributed by atoms with van der Waals surface area (Å²) >= 11 is 5.85. The van der Waals surface area contributed by atoms with Gasteiger partial charge in [-0.15, -0.1) is 20.4 Å². The van der Waals surface area contributed by atoms with E-state index in [1.165, 1.54) is 6.07 Å². The monoisotopic (exact) mass is 672 g/mol. The molecule has 0 spiro atoms. The first-order valence-corrected chi connectivity index (χ1v) is 15.4. The van der Waals surface area contributed by atoms with E-state index in [9.17, 15) is 17.6 Å². The fraction of sp³-hybridized carbons (Fsp3) is 0.400. The Kier molecular flexibility index (Phi) is 8.40. The van der Waals surface area contributed by atoms with Crippen LogP contribution in [-0.2, 0) is 30.6 Å². The van der Waals surface area contributed by atoms with Crippen LogP contribution in [0.5, 0.6) is 5.88 Å². The fourth-order valence-corrected chi connectivity index (χ4v) is 5.77. The largest absolute Gasteiger partial charge is 0.473 e. The van der Waals surface area contributed by atoms with Crippen molar-refractivity contribution in [2.75, 3.05) is 31.1 Å². The van der Waals surface area contributed by atoms with E-state index in [0.717, 1.165) is 18.1 Å². The number of alkyl halides is 3. The van der Waals surface area contributed by atoms with Gasteiger partial charge in [-0.3, -0.25) is 4.90 Å². The van der Waals surface area contributed by atoms with Crippen molar-refractivity contribution in [3.8, 4) is 17.4 Å². The van der Waals surface area contributed by atoms with Gasteiger partial charge in [0.05, 0.1) is 19.2 Å². The van der Waals surface area contributed by atoms with Crippen LogP contribution in [0.3, 0.4) is 0 Å². The molecule has 4 aromatic heterocycles. The van der Waals surface area contributed by atoms with Crippen molar-refractivity contribution in [2.45, 2.75) is 51.4 Å². The summed E-state index contributed by atoms with van der Waals surface area (Å²) in [5.41, 5.74) is 1.49.